The minimum Gasteiger partial charge on any atom is -0.355 e. The van der Waals surface area contributed by atoms with Crippen LogP contribution in [0.25, 0.3) is 0 Å². The van der Waals surface area contributed by atoms with Gasteiger partial charge < -0.3 is 10.6 Å². The summed E-state index contributed by atoms with van der Waals surface area (Å²) in [6, 6.07) is 7.22. The molecule has 1 rings (SSSR count). The summed E-state index contributed by atoms with van der Waals surface area (Å²) < 4.78 is 21.4. The Bertz CT molecular complexity index is 512. The molecule has 6 nitrogen and oxygen atoms in total. The lowest BCUT2D eigenvalue weighted by Crippen LogP contribution is -2.22. The Balaban J connectivity index is 2.32. The van der Waals surface area contributed by atoms with Gasteiger partial charge in [-0.3, -0.25) is 4.79 Å². The molecule has 1 aromatic rings. The van der Waals surface area contributed by atoms with E-state index in [2.05, 4.69) is 10.6 Å². The van der Waals surface area contributed by atoms with E-state index in [0.29, 0.717) is 25.1 Å². The van der Waals surface area contributed by atoms with Crippen LogP contribution in [0.4, 0.5) is 0 Å². The van der Waals surface area contributed by atoms with E-state index in [0.717, 1.165) is 5.56 Å². The predicted molar refractivity (Wildman–Crippen MR) is 74.1 cm³/mol. The van der Waals surface area contributed by atoms with Crippen molar-refractivity contribution in [3.63, 3.8) is 0 Å². The van der Waals surface area contributed by atoms with Crippen LogP contribution in [0.1, 0.15) is 22.3 Å². The second-order valence-corrected chi connectivity index (χ2v) is 5.91. The number of nitrogens with two attached hydrogens (primary N) is 1. The molecule has 0 saturated heterocycles. The molecule has 0 radical (unpaired) electrons. The van der Waals surface area contributed by atoms with Crippen LogP contribution in [0.5, 0.6) is 0 Å². The Morgan fingerprint density at radius 2 is 1.89 bits per heavy atom. The molecule has 0 fully saturated rings. The first-order valence-corrected chi connectivity index (χ1v) is 7.66. The maximum atomic E-state index is 11.3. The quantitative estimate of drug-likeness (QED) is 0.605. The van der Waals surface area contributed by atoms with Crippen molar-refractivity contribution in [2.75, 3.05) is 19.3 Å². The Hall–Kier alpha value is -1.44. The van der Waals surface area contributed by atoms with E-state index < -0.39 is 10.0 Å². The number of carbonyl (C=O) groups excluding carboxylic acids is 1. The highest BCUT2D eigenvalue weighted by Crippen LogP contribution is 2.04. The van der Waals surface area contributed by atoms with Crippen LogP contribution in [0.15, 0.2) is 24.3 Å². The first kappa shape index (κ1) is 15.6. The number of amides is 1. The normalized spacial score (nSPS) is 11.3. The summed E-state index contributed by atoms with van der Waals surface area (Å²) in [4.78, 5) is 11.3. The van der Waals surface area contributed by atoms with E-state index in [9.17, 15) is 13.2 Å². The Labute approximate surface area is 113 Å². The van der Waals surface area contributed by atoms with Crippen molar-refractivity contribution < 1.29 is 13.2 Å². The topological polar surface area (TPSA) is 101 Å². The molecule has 106 valence electrons. The first-order valence-electron chi connectivity index (χ1n) is 5.94. The number of benzene rings is 1. The minimum absolute atomic E-state index is 0.0182. The van der Waals surface area contributed by atoms with Crippen molar-refractivity contribution in [1.82, 2.24) is 10.6 Å². The molecular weight excluding hydrogens is 266 g/mol. The highest BCUT2D eigenvalue weighted by Gasteiger charge is 2.03. The molecular formula is C12H19N3O3S. The second-order valence-electron chi connectivity index (χ2n) is 4.17. The molecule has 19 heavy (non-hydrogen) atoms. The Kier molecular flexibility index (Phi) is 5.94. The van der Waals surface area contributed by atoms with E-state index in [-0.39, 0.29) is 11.7 Å². The zero-order valence-corrected chi connectivity index (χ0v) is 11.7. The first-order chi connectivity index (χ1) is 8.92. The zero-order valence-electron chi connectivity index (χ0n) is 10.8. The molecule has 0 saturated carbocycles. The molecule has 0 aliphatic heterocycles. The lowest BCUT2D eigenvalue weighted by atomic mass is 10.1. The molecule has 0 spiro atoms. The lowest BCUT2D eigenvalue weighted by molar-refractivity contribution is 0.0963. The predicted octanol–water partition coefficient (Wildman–Crippen LogP) is -0.186. The SMILES string of the molecule is CNC(=O)c1ccc(CNCCCS(N)(=O)=O)cc1. The van der Waals surface area contributed by atoms with Crippen molar-refractivity contribution in [3.8, 4) is 0 Å². The summed E-state index contributed by atoms with van der Waals surface area (Å²) in [6.45, 7) is 1.20. The van der Waals surface area contributed by atoms with E-state index in [1.165, 1.54) is 0 Å². The molecule has 0 unspecified atom stereocenters. The Morgan fingerprint density at radius 1 is 1.26 bits per heavy atom. The smallest absolute Gasteiger partial charge is 0.251 e. The zero-order chi connectivity index (χ0) is 14.3. The third-order valence-corrected chi connectivity index (χ3v) is 3.41. The fourth-order valence-corrected chi connectivity index (χ4v) is 2.10. The van der Waals surface area contributed by atoms with E-state index in [1.54, 1.807) is 19.2 Å². The minimum atomic E-state index is -3.37. The summed E-state index contributed by atoms with van der Waals surface area (Å²) >= 11 is 0. The van der Waals surface area contributed by atoms with Crippen LogP contribution in [0.2, 0.25) is 0 Å². The molecule has 0 aromatic heterocycles. The van der Waals surface area contributed by atoms with Gasteiger partial charge in [0.05, 0.1) is 5.75 Å². The molecule has 1 amide bonds. The van der Waals surface area contributed by atoms with Gasteiger partial charge in [0.1, 0.15) is 0 Å². The molecule has 0 aliphatic rings. The van der Waals surface area contributed by atoms with Gasteiger partial charge in [-0.15, -0.1) is 0 Å². The molecule has 0 heterocycles. The van der Waals surface area contributed by atoms with Crippen LogP contribution in [-0.2, 0) is 16.6 Å². The number of hydrogen-bond acceptors (Lipinski definition) is 4. The lowest BCUT2D eigenvalue weighted by Gasteiger charge is -2.05. The van der Waals surface area contributed by atoms with Gasteiger partial charge in [0.2, 0.25) is 10.0 Å². The van der Waals surface area contributed by atoms with Crippen molar-refractivity contribution in [3.05, 3.63) is 35.4 Å². The van der Waals surface area contributed by atoms with E-state index in [4.69, 9.17) is 5.14 Å². The van der Waals surface area contributed by atoms with Gasteiger partial charge in [0.25, 0.3) is 5.91 Å². The average molecular weight is 285 g/mol. The van der Waals surface area contributed by atoms with Crippen molar-refractivity contribution in [1.29, 1.82) is 0 Å². The number of nitrogens with one attached hydrogen (secondary N) is 2. The maximum absolute atomic E-state index is 11.3. The maximum Gasteiger partial charge on any atom is 0.251 e. The third-order valence-electron chi connectivity index (χ3n) is 2.55. The number of rotatable bonds is 7. The van der Waals surface area contributed by atoms with Gasteiger partial charge in [-0.05, 0) is 30.7 Å². The molecule has 1 aromatic carbocycles. The second kappa shape index (κ2) is 7.22. The van der Waals surface area contributed by atoms with Crippen LogP contribution >= 0.6 is 0 Å². The van der Waals surface area contributed by atoms with Crippen molar-refractivity contribution in [2.24, 2.45) is 5.14 Å². The van der Waals surface area contributed by atoms with Gasteiger partial charge in [0, 0.05) is 19.2 Å². The summed E-state index contributed by atoms with van der Waals surface area (Å²) in [5, 5.41) is 10.6. The van der Waals surface area contributed by atoms with Gasteiger partial charge in [-0.2, -0.15) is 0 Å². The van der Waals surface area contributed by atoms with Gasteiger partial charge >= 0.3 is 0 Å². The monoisotopic (exact) mass is 285 g/mol. The largest absolute Gasteiger partial charge is 0.355 e. The summed E-state index contributed by atoms with van der Waals surface area (Å²) in [7, 11) is -1.79. The summed E-state index contributed by atoms with van der Waals surface area (Å²) in [5.41, 5.74) is 1.64. The van der Waals surface area contributed by atoms with Crippen LogP contribution in [0.3, 0.4) is 0 Å². The molecule has 0 bridgehead atoms. The average Bonchev–Trinajstić information content (AvgIpc) is 2.37. The number of hydrogen-bond donors (Lipinski definition) is 3. The highest BCUT2D eigenvalue weighted by molar-refractivity contribution is 7.89. The molecule has 0 aliphatic carbocycles. The highest BCUT2D eigenvalue weighted by atomic mass is 32.2. The van der Waals surface area contributed by atoms with Gasteiger partial charge in [0.15, 0.2) is 0 Å². The molecule has 7 heteroatoms. The van der Waals surface area contributed by atoms with Crippen LogP contribution in [-0.4, -0.2) is 33.7 Å². The van der Waals surface area contributed by atoms with E-state index >= 15 is 0 Å². The van der Waals surface area contributed by atoms with Gasteiger partial charge in [-0.25, -0.2) is 13.6 Å². The number of sulfonamides is 1. The van der Waals surface area contributed by atoms with E-state index in [1.807, 2.05) is 12.1 Å². The fraction of sp³-hybridized carbons (Fsp3) is 0.417. The standard InChI is InChI=1S/C12H19N3O3S/c1-14-12(16)11-5-3-10(4-6-11)9-15-7-2-8-19(13,17)18/h3-6,15H,2,7-9H2,1H3,(H,14,16)(H2,13,17,18). The number of carbonyl (C=O) groups is 1. The van der Waals surface area contributed by atoms with Crippen molar-refractivity contribution >= 4 is 15.9 Å². The molecule has 4 N–H and O–H groups in total. The molecule has 0 atom stereocenters. The third kappa shape index (κ3) is 6.32. The fourth-order valence-electron chi connectivity index (χ4n) is 1.55. The van der Waals surface area contributed by atoms with Crippen molar-refractivity contribution in [2.45, 2.75) is 13.0 Å². The number of primary sulfonamides is 1. The summed E-state index contributed by atoms with van der Waals surface area (Å²) in [6.07, 6.45) is 0.481. The Morgan fingerprint density at radius 3 is 2.42 bits per heavy atom. The van der Waals surface area contributed by atoms with Crippen LogP contribution in [0, 0.1) is 0 Å². The van der Waals surface area contributed by atoms with Crippen LogP contribution < -0.4 is 15.8 Å². The summed E-state index contributed by atoms with van der Waals surface area (Å²) in [5.74, 6) is -0.136. The van der Waals surface area contributed by atoms with Gasteiger partial charge in [-0.1, -0.05) is 12.1 Å².